The summed E-state index contributed by atoms with van der Waals surface area (Å²) >= 11 is 5.87. The van der Waals surface area contributed by atoms with Crippen molar-refractivity contribution in [1.29, 1.82) is 0 Å². The monoisotopic (exact) mass is 444 g/mol. The van der Waals surface area contributed by atoms with Gasteiger partial charge in [-0.1, -0.05) is 29.3 Å². The van der Waals surface area contributed by atoms with Crippen LogP contribution in [0.2, 0.25) is 0 Å². The third kappa shape index (κ3) is 3.24. The highest BCUT2D eigenvalue weighted by molar-refractivity contribution is 7.87. The first-order valence-corrected chi connectivity index (χ1v) is 10.5. The SMILES string of the molecule is Cc1ccc(S(=O)(=O)Oc2c3c(cc4oc(C)cc(=O)c24)C(=O)C=C(Cl)C3=O)cc1. The minimum Gasteiger partial charge on any atom is -0.461 e. The Morgan fingerprint density at radius 1 is 1.00 bits per heavy atom. The average Bonchev–Trinajstić information content (AvgIpc) is 2.65. The summed E-state index contributed by atoms with van der Waals surface area (Å²) < 4.78 is 36.6. The summed E-state index contributed by atoms with van der Waals surface area (Å²) in [5.41, 5.74) is -0.450. The largest absolute Gasteiger partial charge is 0.461 e. The van der Waals surface area contributed by atoms with E-state index < -0.39 is 43.5 Å². The molecule has 2 aromatic carbocycles. The molecule has 0 saturated carbocycles. The number of hydrogen-bond acceptors (Lipinski definition) is 7. The van der Waals surface area contributed by atoms with Gasteiger partial charge in [0.1, 0.15) is 21.6 Å². The van der Waals surface area contributed by atoms with Gasteiger partial charge in [-0.3, -0.25) is 14.4 Å². The van der Waals surface area contributed by atoms with Crippen LogP contribution < -0.4 is 9.61 Å². The van der Waals surface area contributed by atoms with Gasteiger partial charge in [0.25, 0.3) is 0 Å². The summed E-state index contributed by atoms with van der Waals surface area (Å²) in [5, 5.41) is -0.691. The van der Waals surface area contributed by atoms with Gasteiger partial charge < -0.3 is 8.60 Å². The molecule has 9 heteroatoms. The zero-order chi connectivity index (χ0) is 21.8. The topological polar surface area (TPSA) is 108 Å². The molecule has 0 saturated heterocycles. The van der Waals surface area contributed by atoms with E-state index in [1.165, 1.54) is 25.1 Å². The van der Waals surface area contributed by atoms with Crippen molar-refractivity contribution >= 4 is 44.3 Å². The smallest absolute Gasteiger partial charge is 0.339 e. The molecular formula is C21H13ClO7S. The Kier molecular flexibility index (Phi) is 4.63. The summed E-state index contributed by atoms with van der Waals surface area (Å²) in [4.78, 5) is 37.6. The van der Waals surface area contributed by atoms with E-state index in [9.17, 15) is 22.8 Å². The van der Waals surface area contributed by atoms with E-state index in [1.807, 2.05) is 0 Å². The van der Waals surface area contributed by atoms with Crippen molar-refractivity contribution in [3.63, 3.8) is 0 Å². The van der Waals surface area contributed by atoms with E-state index in [-0.39, 0.29) is 27.2 Å². The molecule has 4 rings (SSSR count). The van der Waals surface area contributed by atoms with Gasteiger partial charge in [0.15, 0.2) is 17.0 Å². The van der Waals surface area contributed by atoms with Crippen LogP contribution in [0.4, 0.5) is 0 Å². The lowest BCUT2D eigenvalue weighted by atomic mass is 9.92. The van der Waals surface area contributed by atoms with Crippen molar-refractivity contribution in [1.82, 2.24) is 0 Å². The number of benzene rings is 2. The molecule has 0 radical (unpaired) electrons. The lowest BCUT2D eigenvalue weighted by Crippen LogP contribution is -2.20. The van der Waals surface area contributed by atoms with Gasteiger partial charge in [0.05, 0.1) is 10.6 Å². The standard InChI is InChI=1S/C21H13ClO7S/c1-10-3-5-12(6-4-10)30(26,27)29-21-18-13(15(23)9-14(22)20(18)25)8-17-19(21)16(24)7-11(2)28-17/h3-9H,1-2H3. The summed E-state index contributed by atoms with van der Waals surface area (Å²) in [5.74, 6) is -1.81. The molecule has 0 amide bonds. The third-order valence-electron chi connectivity index (χ3n) is 4.57. The number of carbonyl (C=O) groups excluding carboxylic acids is 2. The summed E-state index contributed by atoms with van der Waals surface area (Å²) in [7, 11) is -4.45. The van der Waals surface area contributed by atoms with E-state index in [0.29, 0.717) is 0 Å². The first-order valence-electron chi connectivity index (χ1n) is 8.67. The third-order valence-corrected chi connectivity index (χ3v) is 6.08. The van der Waals surface area contributed by atoms with Gasteiger partial charge >= 0.3 is 10.1 Å². The van der Waals surface area contributed by atoms with Crippen LogP contribution in [-0.2, 0) is 10.1 Å². The first kappa shape index (κ1) is 20.1. The summed E-state index contributed by atoms with van der Waals surface area (Å²) in [6, 6.07) is 8.14. The van der Waals surface area contributed by atoms with Crippen molar-refractivity contribution in [2.45, 2.75) is 18.7 Å². The maximum atomic E-state index is 12.9. The molecule has 0 N–H and O–H groups in total. The van der Waals surface area contributed by atoms with Gasteiger partial charge in [-0.25, -0.2) is 0 Å². The van der Waals surface area contributed by atoms with Gasteiger partial charge in [-0.2, -0.15) is 8.42 Å². The Bertz CT molecular complexity index is 1450. The molecule has 7 nitrogen and oxygen atoms in total. The van der Waals surface area contributed by atoms with E-state index in [4.69, 9.17) is 20.2 Å². The molecule has 0 fully saturated rings. The number of rotatable bonds is 3. The molecular weight excluding hydrogens is 432 g/mol. The van der Waals surface area contributed by atoms with Crippen LogP contribution >= 0.6 is 11.6 Å². The van der Waals surface area contributed by atoms with Crippen molar-refractivity contribution in [2.75, 3.05) is 0 Å². The zero-order valence-electron chi connectivity index (χ0n) is 15.7. The molecule has 0 bridgehead atoms. The molecule has 1 aromatic heterocycles. The second kappa shape index (κ2) is 6.93. The Balaban J connectivity index is 2.06. The maximum absolute atomic E-state index is 12.9. The van der Waals surface area contributed by atoms with Gasteiger partial charge in [-0.05, 0) is 32.0 Å². The van der Waals surface area contributed by atoms with Crippen molar-refractivity contribution in [3.05, 3.63) is 80.2 Å². The molecule has 0 unspecified atom stereocenters. The molecule has 1 heterocycles. The molecule has 0 spiro atoms. The van der Waals surface area contributed by atoms with E-state index >= 15 is 0 Å². The van der Waals surface area contributed by atoms with Crippen LogP contribution in [0.3, 0.4) is 0 Å². The highest BCUT2D eigenvalue weighted by Gasteiger charge is 2.34. The lowest BCUT2D eigenvalue weighted by molar-refractivity contribution is 0.0989. The number of Topliss-reactive ketones (excluding diaryl/α,β-unsaturated/α-hetero) is 1. The normalized spacial score (nSPS) is 13.9. The Hall–Kier alpha value is -3.23. The molecule has 152 valence electrons. The fourth-order valence-electron chi connectivity index (χ4n) is 3.15. The van der Waals surface area contributed by atoms with E-state index in [1.54, 1.807) is 19.1 Å². The summed E-state index contributed by atoms with van der Waals surface area (Å²) in [6.07, 6.45) is 0.921. The Morgan fingerprint density at radius 3 is 2.33 bits per heavy atom. The minimum absolute atomic E-state index is 0.0829. The van der Waals surface area contributed by atoms with Crippen LogP contribution in [0, 0.1) is 13.8 Å². The van der Waals surface area contributed by atoms with Crippen molar-refractivity contribution < 1.29 is 26.6 Å². The predicted molar refractivity (Wildman–Crippen MR) is 109 cm³/mol. The molecule has 0 aliphatic heterocycles. The number of ketones is 2. The Labute approximate surface area is 175 Å². The molecule has 1 aliphatic carbocycles. The number of aryl methyl sites for hydroxylation is 2. The average molecular weight is 445 g/mol. The fourth-order valence-corrected chi connectivity index (χ4v) is 4.30. The Morgan fingerprint density at radius 2 is 1.67 bits per heavy atom. The van der Waals surface area contributed by atoms with Crippen LogP contribution in [-0.4, -0.2) is 20.0 Å². The fraction of sp³-hybridized carbons (Fsp3) is 0.0952. The second-order valence-electron chi connectivity index (χ2n) is 6.76. The van der Waals surface area contributed by atoms with Gasteiger partial charge in [0.2, 0.25) is 5.78 Å². The van der Waals surface area contributed by atoms with Crippen LogP contribution in [0.25, 0.3) is 11.0 Å². The quantitative estimate of drug-likeness (QED) is 0.567. The summed E-state index contributed by atoms with van der Waals surface area (Å²) in [6.45, 7) is 3.30. The highest BCUT2D eigenvalue weighted by Crippen LogP contribution is 2.38. The van der Waals surface area contributed by atoms with Crippen LogP contribution in [0.1, 0.15) is 32.0 Å². The highest BCUT2D eigenvalue weighted by atomic mass is 35.5. The number of carbonyl (C=O) groups is 2. The van der Waals surface area contributed by atoms with Gasteiger partial charge in [-0.15, -0.1) is 0 Å². The molecule has 0 atom stereocenters. The molecule has 3 aromatic rings. The van der Waals surface area contributed by atoms with Crippen LogP contribution in [0.5, 0.6) is 5.75 Å². The number of halogens is 1. The van der Waals surface area contributed by atoms with Crippen LogP contribution in [0.15, 0.2) is 61.6 Å². The maximum Gasteiger partial charge on any atom is 0.339 e. The molecule has 1 aliphatic rings. The van der Waals surface area contributed by atoms with E-state index in [2.05, 4.69) is 0 Å². The minimum atomic E-state index is -4.45. The van der Waals surface area contributed by atoms with Gasteiger partial charge in [0, 0.05) is 17.7 Å². The van der Waals surface area contributed by atoms with Crippen molar-refractivity contribution in [3.8, 4) is 5.75 Å². The zero-order valence-corrected chi connectivity index (χ0v) is 17.3. The first-order chi connectivity index (χ1) is 14.1. The molecule has 30 heavy (non-hydrogen) atoms. The van der Waals surface area contributed by atoms with E-state index in [0.717, 1.165) is 17.7 Å². The predicted octanol–water partition coefficient (Wildman–Crippen LogP) is 3.68. The number of fused-ring (bicyclic) bond motifs is 2. The second-order valence-corrected chi connectivity index (χ2v) is 8.71. The van der Waals surface area contributed by atoms with Crippen molar-refractivity contribution in [2.24, 2.45) is 0 Å². The lowest BCUT2D eigenvalue weighted by Gasteiger charge is -2.18. The number of hydrogen-bond donors (Lipinski definition) is 0. The number of allylic oxidation sites excluding steroid dienone is 2.